The number of carbonyl (C=O) groups excluding carboxylic acids is 1. The molecule has 1 saturated carbocycles. The molecular formula is C21H18ClN5O2. The number of nitrogens with zero attached hydrogens (tertiary/aromatic N) is 4. The number of nitriles is 1. The van der Waals surface area contributed by atoms with Crippen molar-refractivity contribution >= 4 is 23.5 Å². The minimum Gasteiger partial charge on any atom is -0.406 e. The van der Waals surface area contributed by atoms with Crippen LogP contribution in [0.5, 0.6) is 0 Å². The normalized spacial score (nSPS) is 17.5. The molecule has 3 aromatic rings. The van der Waals surface area contributed by atoms with Gasteiger partial charge in [0.25, 0.3) is 0 Å². The number of aromatic nitrogens is 2. The summed E-state index contributed by atoms with van der Waals surface area (Å²) >= 11 is 6.30. The van der Waals surface area contributed by atoms with E-state index in [1.165, 1.54) is 0 Å². The van der Waals surface area contributed by atoms with E-state index in [1.807, 2.05) is 36.4 Å². The predicted molar refractivity (Wildman–Crippen MR) is 106 cm³/mol. The summed E-state index contributed by atoms with van der Waals surface area (Å²) in [5.41, 5.74) is 7.98. The van der Waals surface area contributed by atoms with Crippen LogP contribution < -0.4 is 5.73 Å². The third-order valence-electron chi connectivity index (χ3n) is 4.99. The zero-order chi connectivity index (χ0) is 20.4. The summed E-state index contributed by atoms with van der Waals surface area (Å²) in [5.74, 6) is 0.233. The van der Waals surface area contributed by atoms with E-state index in [-0.39, 0.29) is 36.2 Å². The van der Waals surface area contributed by atoms with Crippen LogP contribution >= 0.6 is 11.6 Å². The Morgan fingerprint density at radius 1 is 1.21 bits per heavy atom. The molecule has 1 aliphatic rings. The van der Waals surface area contributed by atoms with E-state index in [2.05, 4.69) is 16.3 Å². The molecule has 1 amide bonds. The van der Waals surface area contributed by atoms with E-state index in [1.54, 1.807) is 17.0 Å². The first-order valence-corrected chi connectivity index (χ1v) is 9.53. The molecule has 0 saturated heterocycles. The lowest BCUT2D eigenvalue weighted by Gasteiger charge is -2.21. The molecule has 1 aliphatic carbocycles. The fraction of sp³-hybridized carbons (Fsp3) is 0.238. The van der Waals surface area contributed by atoms with Gasteiger partial charge in [-0.25, -0.2) is 0 Å². The summed E-state index contributed by atoms with van der Waals surface area (Å²) in [7, 11) is 0. The van der Waals surface area contributed by atoms with Gasteiger partial charge in [0.1, 0.15) is 0 Å². The Labute approximate surface area is 172 Å². The van der Waals surface area contributed by atoms with Crippen molar-refractivity contribution in [3.05, 3.63) is 76.1 Å². The Kier molecular flexibility index (Phi) is 5.19. The van der Waals surface area contributed by atoms with Crippen molar-refractivity contribution < 1.29 is 9.21 Å². The van der Waals surface area contributed by atoms with Gasteiger partial charge in [0, 0.05) is 17.5 Å². The number of anilines is 1. The van der Waals surface area contributed by atoms with Crippen LogP contribution in [0.1, 0.15) is 34.9 Å². The Morgan fingerprint density at radius 2 is 1.97 bits per heavy atom. The second-order valence-corrected chi connectivity index (χ2v) is 7.41. The minimum atomic E-state index is -0.145. The summed E-state index contributed by atoms with van der Waals surface area (Å²) < 4.78 is 5.27. The molecule has 0 radical (unpaired) electrons. The highest BCUT2D eigenvalue weighted by Gasteiger charge is 2.46. The average Bonchev–Trinajstić information content (AvgIpc) is 3.42. The molecule has 7 nitrogen and oxygen atoms in total. The van der Waals surface area contributed by atoms with Crippen LogP contribution in [0, 0.1) is 17.2 Å². The summed E-state index contributed by atoms with van der Waals surface area (Å²) in [5, 5.41) is 17.2. The highest BCUT2D eigenvalue weighted by atomic mass is 35.5. The van der Waals surface area contributed by atoms with Gasteiger partial charge in [0.05, 0.1) is 18.2 Å². The highest BCUT2D eigenvalue weighted by molar-refractivity contribution is 6.31. The van der Waals surface area contributed by atoms with Gasteiger partial charge in [0.2, 0.25) is 11.8 Å². The largest absolute Gasteiger partial charge is 0.406 e. The molecule has 0 unspecified atom stereocenters. The second kappa shape index (κ2) is 7.94. The van der Waals surface area contributed by atoms with Crippen molar-refractivity contribution in [3.8, 4) is 6.07 Å². The molecule has 2 aromatic carbocycles. The van der Waals surface area contributed by atoms with Crippen molar-refractivity contribution in [2.45, 2.75) is 25.4 Å². The summed E-state index contributed by atoms with van der Waals surface area (Å²) in [6.07, 6.45) is 0.748. The van der Waals surface area contributed by atoms with Crippen LogP contribution in [0.2, 0.25) is 5.02 Å². The zero-order valence-corrected chi connectivity index (χ0v) is 16.2. The third kappa shape index (κ3) is 4.23. The number of nitrogen functional groups attached to an aromatic ring is 1. The summed E-state index contributed by atoms with van der Waals surface area (Å²) in [6.45, 7) is 0.521. The average molecular weight is 408 g/mol. The second-order valence-electron chi connectivity index (χ2n) is 7.01. The third-order valence-corrected chi connectivity index (χ3v) is 5.33. The van der Waals surface area contributed by atoms with Gasteiger partial charge in [-0.1, -0.05) is 47.0 Å². The first-order chi connectivity index (χ1) is 14.0. The fourth-order valence-electron chi connectivity index (χ4n) is 3.43. The van der Waals surface area contributed by atoms with Crippen LogP contribution in [0.25, 0.3) is 0 Å². The van der Waals surface area contributed by atoms with E-state index in [0.29, 0.717) is 17.1 Å². The van der Waals surface area contributed by atoms with Gasteiger partial charge < -0.3 is 15.1 Å². The van der Waals surface area contributed by atoms with E-state index in [9.17, 15) is 4.79 Å². The molecule has 2 atom stereocenters. The first-order valence-electron chi connectivity index (χ1n) is 9.15. The topological polar surface area (TPSA) is 109 Å². The van der Waals surface area contributed by atoms with Crippen LogP contribution in [-0.2, 0) is 17.9 Å². The lowest BCUT2D eigenvalue weighted by Crippen LogP contribution is -2.32. The number of halogens is 1. The van der Waals surface area contributed by atoms with Crippen molar-refractivity contribution in [3.63, 3.8) is 0 Å². The molecule has 0 aliphatic heterocycles. The maximum absolute atomic E-state index is 13.2. The SMILES string of the molecule is N#Cc1ccc(CN(Cc2nnc(N)o2)C(=O)[C@H]2C[C@H]2c2ccccc2Cl)cc1. The highest BCUT2D eigenvalue weighted by Crippen LogP contribution is 2.50. The Morgan fingerprint density at radius 3 is 2.62 bits per heavy atom. The molecule has 1 aromatic heterocycles. The molecule has 2 N–H and O–H groups in total. The number of rotatable bonds is 6. The zero-order valence-electron chi connectivity index (χ0n) is 15.5. The number of nitrogens with two attached hydrogens (primary N) is 1. The Bertz CT molecular complexity index is 1070. The molecule has 1 heterocycles. The number of hydrogen-bond acceptors (Lipinski definition) is 6. The number of amides is 1. The van der Waals surface area contributed by atoms with E-state index < -0.39 is 0 Å². The summed E-state index contributed by atoms with van der Waals surface area (Å²) in [4.78, 5) is 14.9. The molecule has 8 heteroatoms. The molecule has 1 fully saturated rings. The van der Waals surface area contributed by atoms with Crippen LogP contribution in [0.15, 0.2) is 52.9 Å². The lowest BCUT2D eigenvalue weighted by atomic mass is 10.1. The molecule has 29 heavy (non-hydrogen) atoms. The molecule has 4 rings (SSSR count). The van der Waals surface area contributed by atoms with E-state index in [0.717, 1.165) is 17.5 Å². The predicted octanol–water partition coefficient (Wildman–Crippen LogP) is 3.51. The van der Waals surface area contributed by atoms with Gasteiger partial charge >= 0.3 is 6.01 Å². The van der Waals surface area contributed by atoms with Gasteiger partial charge in [-0.2, -0.15) is 5.26 Å². The smallest absolute Gasteiger partial charge is 0.312 e. The quantitative estimate of drug-likeness (QED) is 0.669. The van der Waals surface area contributed by atoms with Gasteiger partial charge in [-0.15, -0.1) is 5.10 Å². The van der Waals surface area contributed by atoms with Gasteiger partial charge in [-0.05, 0) is 41.7 Å². The minimum absolute atomic E-state index is 0.00366. The molecule has 0 bridgehead atoms. The number of carbonyl (C=O) groups is 1. The molecular weight excluding hydrogens is 390 g/mol. The van der Waals surface area contributed by atoms with Gasteiger partial charge in [-0.3, -0.25) is 4.79 Å². The van der Waals surface area contributed by atoms with Crippen LogP contribution in [0.3, 0.4) is 0 Å². The molecule has 146 valence electrons. The van der Waals surface area contributed by atoms with Crippen molar-refractivity contribution in [2.75, 3.05) is 5.73 Å². The van der Waals surface area contributed by atoms with Crippen LogP contribution in [0.4, 0.5) is 6.01 Å². The lowest BCUT2D eigenvalue weighted by molar-refractivity contribution is -0.134. The maximum atomic E-state index is 13.2. The standard InChI is InChI=1S/C21H18ClN5O2/c22-18-4-2-1-3-15(18)16-9-17(16)20(28)27(12-19-25-26-21(24)29-19)11-14-7-5-13(10-23)6-8-14/h1-8,16-17H,9,11-12H2,(H2,24,26)/t16-,17-/m0/s1. The number of benzene rings is 2. The number of hydrogen-bond donors (Lipinski definition) is 1. The van der Waals surface area contributed by atoms with Crippen molar-refractivity contribution in [2.24, 2.45) is 5.92 Å². The fourth-order valence-corrected chi connectivity index (χ4v) is 3.71. The Hall–Kier alpha value is -3.37. The first kappa shape index (κ1) is 19.0. The molecule has 0 spiro atoms. The van der Waals surface area contributed by atoms with Crippen molar-refractivity contribution in [1.29, 1.82) is 5.26 Å². The van der Waals surface area contributed by atoms with E-state index in [4.69, 9.17) is 27.0 Å². The van der Waals surface area contributed by atoms with Crippen LogP contribution in [-0.4, -0.2) is 21.0 Å². The van der Waals surface area contributed by atoms with Gasteiger partial charge in [0.15, 0.2) is 0 Å². The van der Waals surface area contributed by atoms with E-state index >= 15 is 0 Å². The van der Waals surface area contributed by atoms with Crippen molar-refractivity contribution in [1.82, 2.24) is 15.1 Å². The maximum Gasteiger partial charge on any atom is 0.312 e. The summed E-state index contributed by atoms with van der Waals surface area (Å²) in [6, 6.07) is 16.8. The Balaban J connectivity index is 1.53. The monoisotopic (exact) mass is 407 g/mol.